The van der Waals surface area contributed by atoms with Crippen LogP contribution in [0.25, 0.3) is 0 Å². The summed E-state index contributed by atoms with van der Waals surface area (Å²) in [6.45, 7) is 5.53. The Kier molecular flexibility index (Phi) is 5.63. The number of anilines is 2. The molecule has 27 heavy (non-hydrogen) atoms. The summed E-state index contributed by atoms with van der Waals surface area (Å²) in [5, 5.41) is 2.76. The molecule has 144 valence electrons. The molecule has 0 atom stereocenters. The summed E-state index contributed by atoms with van der Waals surface area (Å²) in [5.41, 5.74) is 9.28. The molecular formula is C21H28N4O2. The SMILES string of the molecule is CC(C)(C)OC(=O)Nc1cnccc1C1CC1.Nc1cnccc1C1CC1. The average Bonchev–Trinajstić information content (AvgIpc) is 3.46. The van der Waals surface area contributed by atoms with Gasteiger partial charge in [-0.2, -0.15) is 0 Å². The molecule has 0 saturated heterocycles. The number of pyridine rings is 2. The molecule has 0 aromatic carbocycles. The monoisotopic (exact) mass is 368 g/mol. The van der Waals surface area contributed by atoms with Crippen molar-refractivity contribution in [1.82, 2.24) is 9.97 Å². The Hall–Kier alpha value is -2.63. The first-order valence-corrected chi connectivity index (χ1v) is 9.47. The van der Waals surface area contributed by atoms with Crippen molar-refractivity contribution in [3.63, 3.8) is 0 Å². The lowest BCUT2D eigenvalue weighted by atomic mass is 10.1. The maximum Gasteiger partial charge on any atom is 0.412 e. The average molecular weight is 368 g/mol. The van der Waals surface area contributed by atoms with Crippen LogP contribution in [0.5, 0.6) is 0 Å². The number of hydrogen-bond acceptors (Lipinski definition) is 5. The summed E-state index contributed by atoms with van der Waals surface area (Å²) in [7, 11) is 0. The van der Waals surface area contributed by atoms with Gasteiger partial charge in [-0.15, -0.1) is 0 Å². The molecule has 2 heterocycles. The quantitative estimate of drug-likeness (QED) is 0.808. The number of amides is 1. The van der Waals surface area contributed by atoms with Crippen LogP contribution in [0.15, 0.2) is 36.9 Å². The van der Waals surface area contributed by atoms with Crippen molar-refractivity contribution >= 4 is 17.5 Å². The molecule has 2 aliphatic carbocycles. The summed E-state index contributed by atoms with van der Waals surface area (Å²) in [6.07, 6.45) is 11.5. The van der Waals surface area contributed by atoms with Crippen LogP contribution in [0, 0.1) is 0 Å². The number of nitrogens with one attached hydrogen (secondary N) is 1. The lowest BCUT2D eigenvalue weighted by Gasteiger charge is -2.20. The lowest BCUT2D eigenvalue weighted by molar-refractivity contribution is 0.0635. The first-order valence-electron chi connectivity index (χ1n) is 9.47. The summed E-state index contributed by atoms with van der Waals surface area (Å²) >= 11 is 0. The van der Waals surface area contributed by atoms with E-state index in [1.807, 2.05) is 39.1 Å². The second kappa shape index (κ2) is 7.94. The van der Waals surface area contributed by atoms with E-state index in [0.717, 1.165) is 22.9 Å². The molecular weight excluding hydrogens is 340 g/mol. The van der Waals surface area contributed by atoms with Gasteiger partial charge in [0.15, 0.2) is 0 Å². The van der Waals surface area contributed by atoms with E-state index in [2.05, 4.69) is 15.3 Å². The number of nitrogens with zero attached hydrogens (tertiary/aromatic N) is 2. The fourth-order valence-corrected chi connectivity index (χ4v) is 2.86. The van der Waals surface area contributed by atoms with Crippen LogP contribution in [-0.4, -0.2) is 21.7 Å². The molecule has 1 amide bonds. The first-order chi connectivity index (χ1) is 12.8. The molecule has 2 aromatic heterocycles. The number of nitrogens with two attached hydrogens (primary N) is 1. The van der Waals surface area contributed by atoms with Gasteiger partial charge < -0.3 is 10.5 Å². The van der Waals surface area contributed by atoms with Crippen molar-refractivity contribution in [2.75, 3.05) is 11.1 Å². The Balaban J connectivity index is 0.000000177. The molecule has 2 aliphatic rings. The maximum atomic E-state index is 11.7. The van der Waals surface area contributed by atoms with Gasteiger partial charge >= 0.3 is 6.09 Å². The maximum absolute atomic E-state index is 11.7. The van der Waals surface area contributed by atoms with Gasteiger partial charge in [0, 0.05) is 12.4 Å². The smallest absolute Gasteiger partial charge is 0.412 e. The van der Waals surface area contributed by atoms with Crippen LogP contribution in [0.2, 0.25) is 0 Å². The van der Waals surface area contributed by atoms with Gasteiger partial charge in [0.1, 0.15) is 5.60 Å². The van der Waals surface area contributed by atoms with Crippen LogP contribution >= 0.6 is 0 Å². The van der Waals surface area contributed by atoms with E-state index in [1.54, 1.807) is 18.6 Å². The summed E-state index contributed by atoms with van der Waals surface area (Å²) in [4.78, 5) is 19.6. The van der Waals surface area contributed by atoms with E-state index in [9.17, 15) is 4.79 Å². The van der Waals surface area contributed by atoms with E-state index in [1.165, 1.54) is 31.2 Å². The van der Waals surface area contributed by atoms with Gasteiger partial charge in [0.05, 0.1) is 23.8 Å². The number of hydrogen-bond donors (Lipinski definition) is 2. The van der Waals surface area contributed by atoms with Crippen molar-refractivity contribution < 1.29 is 9.53 Å². The van der Waals surface area contributed by atoms with Gasteiger partial charge in [0.25, 0.3) is 0 Å². The highest BCUT2D eigenvalue weighted by Crippen LogP contribution is 2.43. The fourth-order valence-electron chi connectivity index (χ4n) is 2.86. The third-order valence-electron chi connectivity index (χ3n) is 4.41. The van der Waals surface area contributed by atoms with Crippen LogP contribution in [0.1, 0.15) is 69.4 Å². The number of aromatic nitrogens is 2. The molecule has 2 aromatic rings. The van der Waals surface area contributed by atoms with Crippen molar-refractivity contribution in [2.24, 2.45) is 0 Å². The van der Waals surface area contributed by atoms with E-state index < -0.39 is 11.7 Å². The first kappa shape index (κ1) is 19.1. The molecule has 6 heteroatoms. The van der Waals surface area contributed by atoms with Gasteiger partial charge in [-0.3, -0.25) is 15.3 Å². The minimum atomic E-state index is -0.480. The standard InChI is InChI=1S/C13H18N2O2.C8H10N2/c1-13(2,3)17-12(16)15-11-8-14-7-6-10(11)9-4-5-9;9-8-5-10-4-3-7(8)6-1-2-6/h6-9H,4-5H2,1-3H3,(H,15,16);3-6H,1-2,9H2. The number of ether oxygens (including phenoxy) is 1. The largest absolute Gasteiger partial charge is 0.444 e. The molecule has 0 radical (unpaired) electrons. The third kappa shape index (κ3) is 5.94. The molecule has 0 bridgehead atoms. The second-order valence-corrected chi connectivity index (χ2v) is 8.14. The highest BCUT2D eigenvalue weighted by molar-refractivity contribution is 5.85. The van der Waals surface area contributed by atoms with Gasteiger partial charge in [-0.1, -0.05) is 0 Å². The van der Waals surface area contributed by atoms with E-state index in [0.29, 0.717) is 5.92 Å². The summed E-state index contributed by atoms with van der Waals surface area (Å²) < 4.78 is 5.22. The minimum Gasteiger partial charge on any atom is -0.444 e. The molecule has 4 rings (SSSR count). The normalized spacial score (nSPS) is 16.1. The third-order valence-corrected chi connectivity index (χ3v) is 4.41. The highest BCUT2D eigenvalue weighted by Gasteiger charge is 2.27. The Labute approximate surface area is 160 Å². The van der Waals surface area contributed by atoms with Crippen molar-refractivity contribution in [1.29, 1.82) is 0 Å². The fraction of sp³-hybridized carbons (Fsp3) is 0.476. The Morgan fingerprint density at radius 3 is 2.15 bits per heavy atom. The predicted octanol–water partition coefficient (Wildman–Crippen LogP) is 4.85. The number of nitrogen functional groups attached to an aromatic ring is 1. The van der Waals surface area contributed by atoms with Crippen molar-refractivity contribution in [3.8, 4) is 0 Å². The highest BCUT2D eigenvalue weighted by atomic mass is 16.6. The lowest BCUT2D eigenvalue weighted by Crippen LogP contribution is -2.27. The number of rotatable bonds is 3. The van der Waals surface area contributed by atoms with E-state index >= 15 is 0 Å². The zero-order chi connectivity index (χ0) is 19.4. The summed E-state index contributed by atoms with van der Waals surface area (Å²) in [5.74, 6) is 1.31. The zero-order valence-electron chi connectivity index (χ0n) is 16.2. The molecule has 2 saturated carbocycles. The number of carbonyl (C=O) groups is 1. The van der Waals surface area contributed by atoms with Crippen LogP contribution in [0.3, 0.4) is 0 Å². The Morgan fingerprint density at radius 1 is 1.04 bits per heavy atom. The molecule has 2 fully saturated rings. The van der Waals surface area contributed by atoms with Crippen molar-refractivity contribution in [2.45, 2.75) is 63.9 Å². The molecule has 6 nitrogen and oxygen atoms in total. The topological polar surface area (TPSA) is 90.1 Å². The second-order valence-electron chi connectivity index (χ2n) is 8.14. The number of carbonyl (C=O) groups excluding carboxylic acids is 1. The van der Waals surface area contributed by atoms with Crippen LogP contribution in [0.4, 0.5) is 16.2 Å². The molecule has 0 aliphatic heterocycles. The van der Waals surface area contributed by atoms with Crippen LogP contribution < -0.4 is 11.1 Å². The predicted molar refractivity (Wildman–Crippen MR) is 107 cm³/mol. The summed E-state index contributed by atoms with van der Waals surface area (Å²) in [6, 6.07) is 3.98. The van der Waals surface area contributed by atoms with Crippen LogP contribution in [-0.2, 0) is 4.74 Å². The molecule has 0 unspecified atom stereocenters. The van der Waals surface area contributed by atoms with Crippen molar-refractivity contribution in [3.05, 3.63) is 48.0 Å². The Morgan fingerprint density at radius 2 is 1.59 bits per heavy atom. The van der Waals surface area contributed by atoms with Gasteiger partial charge in [-0.05, 0) is 81.5 Å². The minimum absolute atomic E-state index is 0.424. The van der Waals surface area contributed by atoms with E-state index in [4.69, 9.17) is 10.5 Å². The van der Waals surface area contributed by atoms with Gasteiger partial charge in [-0.25, -0.2) is 4.79 Å². The van der Waals surface area contributed by atoms with Gasteiger partial charge in [0.2, 0.25) is 0 Å². The Bertz CT molecular complexity index is 793. The molecule has 0 spiro atoms. The van der Waals surface area contributed by atoms with E-state index in [-0.39, 0.29) is 0 Å². The molecule has 3 N–H and O–H groups in total. The zero-order valence-corrected chi connectivity index (χ0v) is 16.2.